The van der Waals surface area contributed by atoms with E-state index in [-0.39, 0.29) is 0 Å². The number of aliphatic carboxylic acids is 1. The van der Waals surface area contributed by atoms with Gasteiger partial charge in [0.1, 0.15) is 6.04 Å². The van der Waals surface area contributed by atoms with Crippen molar-refractivity contribution in [3.8, 4) is 0 Å². The fourth-order valence-corrected chi connectivity index (χ4v) is 1.36. The number of carbonyl (C=O) groups is 1. The van der Waals surface area contributed by atoms with Crippen LogP contribution in [0.25, 0.3) is 0 Å². The lowest BCUT2D eigenvalue weighted by molar-refractivity contribution is -0.139. The van der Waals surface area contributed by atoms with E-state index < -0.39 is 12.0 Å². The molecule has 0 saturated carbocycles. The molecule has 3 nitrogen and oxygen atoms in total. The van der Waals surface area contributed by atoms with Gasteiger partial charge in [0.15, 0.2) is 0 Å². The van der Waals surface area contributed by atoms with Crippen LogP contribution in [0.5, 0.6) is 0 Å². The molecule has 0 aromatic carbocycles. The van der Waals surface area contributed by atoms with Gasteiger partial charge in [0, 0.05) is 0 Å². The van der Waals surface area contributed by atoms with Crippen LogP contribution in [0.2, 0.25) is 0 Å². The van der Waals surface area contributed by atoms with Crippen LogP contribution < -0.4 is 5.73 Å². The number of carboxylic acids is 1. The Kier molecular flexibility index (Phi) is 5.72. The molecule has 0 spiro atoms. The highest BCUT2D eigenvalue weighted by molar-refractivity contribution is 5.72. The lowest BCUT2D eigenvalue weighted by atomic mass is 9.93. The van der Waals surface area contributed by atoms with E-state index >= 15 is 0 Å². The van der Waals surface area contributed by atoms with Crippen LogP contribution >= 0.6 is 0 Å². The molecule has 0 radical (unpaired) electrons. The van der Waals surface area contributed by atoms with E-state index in [4.69, 9.17) is 10.8 Å². The summed E-state index contributed by atoms with van der Waals surface area (Å²) in [6.45, 7) is 4.18. The molecule has 0 rings (SSSR count). The quantitative estimate of drug-likeness (QED) is 0.641. The third-order valence-corrected chi connectivity index (χ3v) is 2.18. The molecule has 0 fully saturated rings. The normalized spacial score (nSPS) is 15.6. The van der Waals surface area contributed by atoms with Crippen molar-refractivity contribution in [2.45, 2.75) is 45.6 Å². The Bertz CT molecular complexity index is 136. The maximum Gasteiger partial charge on any atom is 0.320 e. The number of carboxylic acid groups (broad SMARTS) is 1. The molecule has 0 aliphatic carbocycles. The number of nitrogens with two attached hydrogens (primary N) is 1. The number of hydrogen-bond acceptors (Lipinski definition) is 2. The molecular weight excluding hydrogens is 154 g/mol. The van der Waals surface area contributed by atoms with Crippen LogP contribution in [0.15, 0.2) is 0 Å². The molecule has 0 bridgehead atoms. The summed E-state index contributed by atoms with van der Waals surface area (Å²) in [4.78, 5) is 10.4. The molecule has 0 aromatic rings. The predicted octanol–water partition coefficient (Wildman–Crippen LogP) is 1.61. The highest BCUT2D eigenvalue weighted by Gasteiger charge is 2.16. The molecule has 3 heteroatoms. The Hall–Kier alpha value is -0.570. The molecule has 2 atom stereocenters. The minimum absolute atomic E-state index is 0.473. The molecular formula is C9H19NO2. The second kappa shape index (κ2) is 6.00. The van der Waals surface area contributed by atoms with Crippen LogP contribution in [-0.2, 0) is 4.79 Å². The van der Waals surface area contributed by atoms with E-state index in [2.05, 4.69) is 13.8 Å². The van der Waals surface area contributed by atoms with Gasteiger partial charge in [-0.25, -0.2) is 0 Å². The van der Waals surface area contributed by atoms with E-state index in [0.717, 1.165) is 19.3 Å². The van der Waals surface area contributed by atoms with Crippen molar-refractivity contribution in [2.24, 2.45) is 11.7 Å². The van der Waals surface area contributed by atoms with Gasteiger partial charge in [0.25, 0.3) is 0 Å². The van der Waals surface area contributed by atoms with Gasteiger partial charge in [-0.2, -0.15) is 0 Å². The minimum Gasteiger partial charge on any atom is -0.480 e. The van der Waals surface area contributed by atoms with E-state index in [1.165, 1.54) is 0 Å². The van der Waals surface area contributed by atoms with Crippen LogP contribution in [-0.4, -0.2) is 17.1 Å². The van der Waals surface area contributed by atoms with Gasteiger partial charge in [-0.3, -0.25) is 4.79 Å². The lowest BCUT2D eigenvalue weighted by Gasteiger charge is -2.15. The first-order chi connectivity index (χ1) is 5.61. The van der Waals surface area contributed by atoms with Crippen molar-refractivity contribution in [1.82, 2.24) is 0 Å². The summed E-state index contributed by atoms with van der Waals surface area (Å²) in [5, 5.41) is 8.57. The Balaban J connectivity index is 3.76. The zero-order valence-electron chi connectivity index (χ0n) is 7.92. The van der Waals surface area contributed by atoms with Crippen LogP contribution in [0.4, 0.5) is 0 Å². The minimum atomic E-state index is -0.885. The predicted molar refractivity (Wildman–Crippen MR) is 48.9 cm³/mol. The summed E-state index contributed by atoms with van der Waals surface area (Å²) >= 11 is 0. The lowest BCUT2D eigenvalue weighted by Crippen LogP contribution is -2.32. The van der Waals surface area contributed by atoms with Gasteiger partial charge >= 0.3 is 5.97 Å². The zero-order valence-corrected chi connectivity index (χ0v) is 7.92. The van der Waals surface area contributed by atoms with Crippen molar-refractivity contribution in [2.75, 3.05) is 0 Å². The standard InChI is InChI=1S/C9H19NO2/c1-3-5-7(4-2)6-8(10)9(11)12/h7-8H,3-6,10H2,1-2H3,(H,11,12)/t7?,8-/m0/s1. The van der Waals surface area contributed by atoms with E-state index in [1.54, 1.807) is 0 Å². The van der Waals surface area contributed by atoms with E-state index in [9.17, 15) is 4.79 Å². The maximum atomic E-state index is 10.4. The summed E-state index contributed by atoms with van der Waals surface area (Å²) in [6.07, 6.45) is 3.82. The number of hydrogen-bond donors (Lipinski definition) is 2. The van der Waals surface area contributed by atoms with Crippen molar-refractivity contribution in [3.05, 3.63) is 0 Å². The number of rotatable bonds is 6. The third kappa shape index (κ3) is 4.34. The molecule has 0 heterocycles. The first-order valence-electron chi connectivity index (χ1n) is 4.60. The second-order valence-corrected chi connectivity index (χ2v) is 3.24. The monoisotopic (exact) mass is 173 g/mol. The molecule has 0 aliphatic rings. The summed E-state index contributed by atoms with van der Waals surface area (Å²) in [5.41, 5.74) is 5.42. The highest BCUT2D eigenvalue weighted by Crippen LogP contribution is 2.16. The van der Waals surface area contributed by atoms with Gasteiger partial charge in [-0.15, -0.1) is 0 Å². The Morgan fingerprint density at radius 2 is 2.08 bits per heavy atom. The van der Waals surface area contributed by atoms with Crippen LogP contribution in [0.1, 0.15) is 39.5 Å². The second-order valence-electron chi connectivity index (χ2n) is 3.24. The van der Waals surface area contributed by atoms with Crippen LogP contribution in [0.3, 0.4) is 0 Å². The molecule has 0 aromatic heterocycles. The van der Waals surface area contributed by atoms with Gasteiger partial charge in [0.2, 0.25) is 0 Å². The fraction of sp³-hybridized carbons (Fsp3) is 0.889. The van der Waals surface area contributed by atoms with Gasteiger partial charge in [-0.05, 0) is 12.3 Å². The molecule has 12 heavy (non-hydrogen) atoms. The molecule has 0 amide bonds. The topological polar surface area (TPSA) is 63.3 Å². The largest absolute Gasteiger partial charge is 0.480 e. The molecule has 0 saturated heterocycles. The summed E-state index contributed by atoms with van der Waals surface area (Å²) < 4.78 is 0. The Labute approximate surface area is 74.0 Å². The smallest absolute Gasteiger partial charge is 0.320 e. The summed E-state index contributed by atoms with van der Waals surface area (Å²) in [6, 6.07) is -0.679. The zero-order chi connectivity index (χ0) is 9.56. The van der Waals surface area contributed by atoms with Gasteiger partial charge in [0.05, 0.1) is 0 Å². The first-order valence-corrected chi connectivity index (χ1v) is 4.60. The third-order valence-electron chi connectivity index (χ3n) is 2.18. The van der Waals surface area contributed by atoms with Crippen molar-refractivity contribution in [3.63, 3.8) is 0 Å². The van der Waals surface area contributed by atoms with Gasteiger partial charge < -0.3 is 10.8 Å². The van der Waals surface area contributed by atoms with Crippen LogP contribution in [0, 0.1) is 5.92 Å². The summed E-state index contributed by atoms with van der Waals surface area (Å²) in [5.74, 6) is -0.411. The van der Waals surface area contributed by atoms with Crippen molar-refractivity contribution >= 4 is 5.97 Å². The maximum absolute atomic E-state index is 10.4. The van der Waals surface area contributed by atoms with Crippen molar-refractivity contribution in [1.29, 1.82) is 0 Å². The molecule has 0 aliphatic heterocycles. The molecule has 1 unspecified atom stereocenters. The average molecular weight is 173 g/mol. The Morgan fingerprint density at radius 1 is 1.50 bits per heavy atom. The fourth-order valence-electron chi connectivity index (χ4n) is 1.36. The highest BCUT2D eigenvalue weighted by atomic mass is 16.4. The first kappa shape index (κ1) is 11.4. The van der Waals surface area contributed by atoms with Crippen molar-refractivity contribution < 1.29 is 9.90 Å². The average Bonchev–Trinajstić information content (AvgIpc) is 2.03. The van der Waals surface area contributed by atoms with Gasteiger partial charge in [-0.1, -0.05) is 33.1 Å². The molecule has 72 valence electrons. The molecule has 3 N–H and O–H groups in total. The summed E-state index contributed by atoms with van der Waals surface area (Å²) in [7, 11) is 0. The van der Waals surface area contributed by atoms with E-state index in [0.29, 0.717) is 12.3 Å². The Morgan fingerprint density at radius 3 is 2.42 bits per heavy atom. The SMILES string of the molecule is CCCC(CC)C[C@H](N)C(=O)O. The van der Waals surface area contributed by atoms with E-state index in [1.807, 2.05) is 0 Å².